The van der Waals surface area contributed by atoms with Crippen molar-refractivity contribution in [1.82, 2.24) is 4.57 Å². The van der Waals surface area contributed by atoms with E-state index in [0.29, 0.717) is 5.69 Å². The highest BCUT2D eigenvalue weighted by Gasteiger charge is 2.13. The molecule has 0 N–H and O–H groups in total. The summed E-state index contributed by atoms with van der Waals surface area (Å²) >= 11 is 0. The third-order valence-electron chi connectivity index (χ3n) is 5.28. The summed E-state index contributed by atoms with van der Waals surface area (Å²) in [6, 6.07) is 31.6. The SMILES string of the molecule is [C-]#[N+]c1ccc2c3cc(-c4ccc(C)cc4)ccc3n(-c3ccccc3)c2c1. The Balaban J connectivity index is 1.84. The van der Waals surface area contributed by atoms with Crippen LogP contribution >= 0.6 is 0 Å². The maximum atomic E-state index is 7.41. The first-order chi connectivity index (χ1) is 13.7. The lowest BCUT2D eigenvalue weighted by Crippen LogP contribution is -1.92. The van der Waals surface area contributed by atoms with Crippen LogP contribution in [0.3, 0.4) is 0 Å². The summed E-state index contributed by atoms with van der Waals surface area (Å²) < 4.78 is 2.25. The fraction of sp³-hybridized carbons (Fsp3) is 0.0385. The quantitative estimate of drug-likeness (QED) is 0.293. The number of aromatic nitrogens is 1. The Hall–Kier alpha value is -3.83. The summed E-state index contributed by atoms with van der Waals surface area (Å²) in [5, 5.41) is 2.37. The molecule has 4 aromatic carbocycles. The lowest BCUT2D eigenvalue weighted by Gasteiger charge is -2.08. The van der Waals surface area contributed by atoms with Gasteiger partial charge >= 0.3 is 0 Å². The normalized spacial score (nSPS) is 11.0. The van der Waals surface area contributed by atoms with Crippen LogP contribution in [0.15, 0.2) is 91.0 Å². The molecule has 0 aliphatic rings. The first kappa shape index (κ1) is 16.4. The van der Waals surface area contributed by atoms with Gasteiger partial charge in [0.1, 0.15) is 0 Å². The van der Waals surface area contributed by atoms with Crippen molar-refractivity contribution in [1.29, 1.82) is 0 Å². The third-order valence-corrected chi connectivity index (χ3v) is 5.28. The molecule has 5 rings (SSSR count). The minimum atomic E-state index is 0.659. The molecular formula is C26H18N2. The fourth-order valence-corrected chi connectivity index (χ4v) is 3.86. The van der Waals surface area contributed by atoms with E-state index in [-0.39, 0.29) is 0 Å². The lowest BCUT2D eigenvalue weighted by molar-refractivity contribution is 1.18. The standard InChI is InChI=1S/C26H18N2/c1-18-8-10-19(11-9-18)20-12-15-25-24(16-20)23-14-13-21(27-2)17-26(23)28(25)22-6-4-3-5-7-22/h3-17H,1H3. The van der Waals surface area contributed by atoms with Crippen molar-refractivity contribution in [3.63, 3.8) is 0 Å². The maximum absolute atomic E-state index is 7.41. The zero-order valence-corrected chi connectivity index (χ0v) is 15.6. The summed E-state index contributed by atoms with van der Waals surface area (Å²) in [5.41, 5.74) is 7.66. The van der Waals surface area contributed by atoms with Crippen LogP contribution in [0.4, 0.5) is 5.69 Å². The molecule has 0 aliphatic heterocycles. The van der Waals surface area contributed by atoms with Crippen LogP contribution in [-0.4, -0.2) is 4.57 Å². The zero-order chi connectivity index (χ0) is 19.1. The molecule has 0 bridgehead atoms. The number of para-hydroxylation sites is 1. The van der Waals surface area contributed by atoms with Gasteiger partial charge in [0.15, 0.2) is 5.69 Å². The van der Waals surface area contributed by atoms with Gasteiger partial charge in [-0.05, 0) is 48.4 Å². The zero-order valence-electron chi connectivity index (χ0n) is 15.6. The molecule has 0 aliphatic carbocycles. The highest BCUT2D eigenvalue weighted by Crippen LogP contribution is 2.36. The fourth-order valence-electron chi connectivity index (χ4n) is 3.86. The highest BCUT2D eigenvalue weighted by atomic mass is 15.0. The molecule has 0 saturated heterocycles. The number of fused-ring (bicyclic) bond motifs is 3. The summed E-state index contributed by atoms with van der Waals surface area (Å²) in [5.74, 6) is 0. The van der Waals surface area contributed by atoms with Gasteiger partial charge in [0.05, 0.1) is 12.1 Å². The van der Waals surface area contributed by atoms with E-state index in [1.807, 2.05) is 30.3 Å². The molecule has 5 aromatic rings. The molecule has 0 saturated carbocycles. The number of benzene rings is 4. The summed E-state index contributed by atoms with van der Waals surface area (Å²) in [6.07, 6.45) is 0. The van der Waals surface area contributed by atoms with Crippen molar-refractivity contribution in [3.05, 3.63) is 108 Å². The highest BCUT2D eigenvalue weighted by molar-refractivity contribution is 6.11. The van der Waals surface area contributed by atoms with Crippen molar-refractivity contribution in [2.45, 2.75) is 6.92 Å². The Kier molecular flexibility index (Phi) is 3.74. The summed E-state index contributed by atoms with van der Waals surface area (Å²) in [6.45, 7) is 9.51. The van der Waals surface area contributed by atoms with Crippen LogP contribution in [0.1, 0.15) is 5.56 Å². The van der Waals surface area contributed by atoms with Crippen molar-refractivity contribution < 1.29 is 0 Å². The molecule has 2 heteroatoms. The van der Waals surface area contributed by atoms with E-state index in [0.717, 1.165) is 16.7 Å². The first-order valence-electron chi connectivity index (χ1n) is 9.33. The van der Waals surface area contributed by atoms with E-state index in [1.165, 1.54) is 27.5 Å². The van der Waals surface area contributed by atoms with E-state index < -0.39 is 0 Å². The Labute approximate surface area is 164 Å². The smallest absolute Gasteiger partial charge is 0.189 e. The summed E-state index contributed by atoms with van der Waals surface area (Å²) in [7, 11) is 0. The van der Waals surface area contributed by atoms with E-state index in [2.05, 4.69) is 77.0 Å². The van der Waals surface area contributed by atoms with E-state index in [9.17, 15) is 0 Å². The molecule has 0 spiro atoms. The van der Waals surface area contributed by atoms with Gasteiger partial charge in [-0.1, -0.05) is 66.2 Å². The number of aryl methyl sites for hydroxylation is 1. The van der Waals surface area contributed by atoms with Crippen LogP contribution < -0.4 is 0 Å². The summed E-state index contributed by atoms with van der Waals surface area (Å²) in [4.78, 5) is 3.64. The maximum Gasteiger partial charge on any atom is 0.189 e. The predicted molar refractivity (Wildman–Crippen MR) is 117 cm³/mol. The van der Waals surface area contributed by atoms with Crippen molar-refractivity contribution in [2.75, 3.05) is 0 Å². The molecule has 1 aromatic heterocycles. The van der Waals surface area contributed by atoms with Crippen molar-refractivity contribution in [2.24, 2.45) is 0 Å². The molecule has 28 heavy (non-hydrogen) atoms. The third kappa shape index (κ3) is 2.57. The number of hydrogen-bond acceptors (Lipinski definition) is 0. The minimum absolute atomic E-state index is 0.659. The second kappa shape index (κ2) is 6.40. The van der Waals surface area contributed by atoms with Crippen LogP contribution in [0.25, 0.3) is 43.5 Å². The number of nitrogens with zero attached hydrogens (tertiary/aromatic N) is 2. The Morgan fingerprint density at radius 3 is 2.18 bits per heavy atom. The Bertz CT molecular complexity index is 1350. The molecule has 0 amide bonds. The van der Waals surface area contributed by atoms with E-state index in [4.69, 9.17) is 6.57 Å². The van der Waals surface area contributed by atoms with Gasteiger partial charge < -0.3 is 4.57 Å². The van der Waals surface area contributed by atoms with Crippen LogP contribution in [0.5, 0.6) is 0 Å². The van der Waals surface area contributed by atoms with Gasteiger partial charge in [0.2, 0.25) is 0 Å². The van der Waals surface area contributed by atoms with Gasteiger partial charge in [-0.3, -0.25) is 0 Å². The van der Waals surface area contributed by atoms with Crippen LogP contribution in [0.2, 0.25) is 0 Å². The Morgan fingerprint density at radius 1 is 0.679 bits per heavy atom. The molecule has 0 unspecified atom stereocenters. The molecule has 0 atom stereocenters. The predicted octanol–water partition coefficient (Wildman–Crippen LogP) is 7.31. The average molecular weight is 358 g/mol. The van der Waals surface area contributed by atoms with Gasteiger partial charge in [0.25, 0.3) is 0 Å². The van der Waals surface area contributed by atoms with Crippen molar-refractivity contribution in [3.8, 4) is 16.8 Å². The largest absolute Gasteiger partial charge is 0.311 e. The van der Waals surface area contributed by atoms with Gasteiger partial charge in [-0.2, -0.15) is 0 Å². The average Bonchev–Trinajstić information content (AvgIpc) is 3.07. The number of hydrogen-bond donors (Lipinski definition) is 0. The lowest BCUT2D eigenvalue weighted by atomic mass is 10.0. The van der Waals surface area contributed by atoms with Gasteiger partial charge in [-0.25, -0.2) is 4.85 Å². The van der Waals surface area contributed by atoms with Crippen molar-refractivity contribution >= 4 is 27.5 Å². The van der Waals surface area contributed by atoms with Gasteiger partial charge in [-0.15, -0.1) is 0 Å². The number of rotatable bonds is 2. The van der Waals surface area contributed by atoms with E-state index in [1.54, 1.807) is 0 Å². The molecule has 0 radical (unpaired) electrons. The van der Waals surface area contributed by atoms with E-state index >= 15 is 0 Å². The van der Waals surface area contributed by atoms with Crippen LogP contribution in [0, 0.1) is 13.5 Å². The molecule has 0 fully saturated rings. The molecule has 1 heterocycles. The van der Waals surface area contributed by atoms with Gasteiger partial charge in [0, 0.05) is 22.0 Å². The molecular weight excluding hydrogens is 340 g/mol. The second-order valence-electron chi connectivity index (χ2n) is 7.08. The minimum Gasteiger partial charge on any atom is -0.311 e. The second-order valence-corrected chi connectivity index (χ2v) is 7.08. The molecule has 2 nitrogen and oxygen atoms in total. The monoisotopic (exact) mass is 358 g/mol. The topological polar surface area (TPSA) is 9.29 Å². The Morgan fingerprint density at radius 2 is 1.43 bits per heavy atom. The first-order valence-corrected chi connectivity index (χ1v) is 9.33. The molecule has 132 valence electrons. The van der Waals surface area contributed by atoms with Crippen LogP contribution in [-0.2, 0) is 0 Å².